The molecule has 0 saturated carbocycles. The van der Waals surface area contributed by atoms with Crippen molar-refractivity contribution in [2.45, 2.75) is 19.1 Å². The fraction of sp³-hybridized carbons (Fsp3) is 0.364. The molecule has 2 aromatic rings. The fourth-order valence-electron chi connectivity index (χ4n) is 4.25. The number of aromatic nitrogens is 2. The number of amides is 1. The Morgan fingerprint density at radius 3 is 2.93 bits per heavy atom. The maximum absolute atomic E-state index is 14.5. The van der Waals surface area contributed by atoms with Crippen LogP contribution in [0.4, 0.5) is 4.39 Å². The number of fused-ring (bicyclic) bond motifs is 2. The summed E-state index contributed by atoms with van der Waals surface area (Å²) in [5, 5.41) is 0.881. The lowest BCUT2D eigenvalue weighted by Gasteiger charge is -2.36. The number of carbonyl (C=O) groups excluding carboxylic acids is 1. The zero-order valence-corrected chi connectivity index (χ0v) is 18.2. The number of likely N-dealkylation sites (N-methyl/N-ethyl adjacent to an activating group) is 1. The van der Waals surface area contributed by atoms with Gasteiger partial charge < -0.3 is 19.1 Å². The number of halogens is 1. The molecule has 2 unspecified atom stereocenters. The number of hydrogen-bond acceptors (Lipinski definition) is 4. The van der Waals surface area contributed by atoms with Gasteiger partial charge in [-0.2, -0.15) is 0 Å². The van der Waals surface area contributed by atoms with Crippen molar-refractivity contribution in [2.75, 3.05) is 33.2 Å². The number of allylic oxidation sites excluding steroid dienone is 1. The summed E-state index contributed by atoms with van der Waals surface area (Å²) in [4.78, 5) is 23.7. The van der Waals surface area contributed by atoms with Gasteiger partial charge in [0.05, 0.1) is 17.2 Å². The predicted octanol–water partition coefficient (Wildman–Crippen LogP) is 3.02. The molecule has 0 aromatic carbocycles. The first kappa shape index (κ1) is 19.5. The average molecular weight is 425 g/mol. The minimum atomic E-state index is -0.367. The van der Waals surface area contributed by atoms with Gasteiger partial charge in [0.25, 0.3) is 5.91 Å². The van der Waals surface area contributed by atoms with Crippen molar-refractivity contribution in [1.29, 1.82) is 0 Å². The van der Waals surface area contributed by atoms with E-state index in [1.54, 1.807) is 16.7 Å². The van der Waals surface area contributed by atoms with Gasteiger partial charge in [-0.25, -0.2) is 9.37 Å². The van der Waals surface area contributed by atoms with E-state index in [-0.39, 0.29) is 17.5 Å². The molecule has 0 radical (unpaired) electrons. The van der Waals surface area contributed by atoms with Crippen molar-refractivity contribution < 1.29 is 9.18 Å². The summed E-state index contributed by atoms with van der Waals surface area (Å²) in [5.74, 6) is -0.433. The number of pyridine rings is 1. The minimum Gasteiger partial charge on any atom is -0.369 e. The van der Waals surface area contributed by atoms with Crippen LogP contribution in [0.25, 0.3) is 11.0 Å². The van der Waals surface area contributed by atoms with Crippen molar-refractivity contribution in [3.05, 3.63) is 65.7 Å². The smallest absolute Gasteiger partial charge is 0.252 e. The molecule has 8 heteroatoms. The highest BCUT2D eigenvalue weighted by molar-refractivity contribution is 7.51. The number of carbonyl (C=O) groups is 1. The highest BCUT2D eigenvalue weighted by atomic mass is 31.1. The van der Waals surface area contributed by atoms with Crippen LogP contribution in [0.15, 0.2) is 48.6 Å². The van der Waals surface area contributed by atoms with Gasteiger partial charge >= 0.3 is 0 Å². The van der Waals surface area contributed by atoms with E-state index in [1.807, 2.05) is 24.2 Å². The Bertz CT molecular complexity index is 1100. The topological polar surface area (TPSA) is 44.1 Å². The lowest BCUT2D eigenvalue weighted by atomic mass is 10.2. The molecular formula is C22H25FN5OP. The fourth-order valence-corrected chi connectivity index (χ4v) is 5.61. The van der Waals surface area contributed by atoms with Crippen molar-refractivity contribution in [3.63, 3.8) is 0 Å². The zero-order chi connectivity index (χ0) is 20.8. The third-order valence-corrected chi connectivity index (χ3v) is 7.38. The molecule has 1 saturated heterocycles. The molecule has 6 nitrogen and oxygen atoms in total. The van der Waals surface area contributed by atoms with Gasteiger partial charge in [-0.1, -0.05) is 14.7 Å². The number of nitrogens with zero attached hydrogens (tertiary/aromatic N) is 5. The Morgan fingerprint density at radius 1 is 1.20 bits per heavy atom. The number of hydrogen-bond donors (Lipinski definition) is 0. The van der Waals surface area contributed by atoms with E-state index < -0.39 is 0 Å². The van der Waals surface area contributed by atoms with Gasteiger partial charge in [-0.15, -0.1) is 0 Å². The van der Waals surface area contributed by atoms with Crippen LogP contribution in [-0.2, 0) is 4.79 Å². The van der Waals surface area contributed by atoms with Crippen LogP contribution in [0.5, 0.6) is 0 Å². The second kappa shape index (κ2) is 7.64. The Balaban J connectivity index is 1.41. The molecule has 0 aliphatic carbocycles. The van der Waals surface area contributed by atoms with Crippen molar-refractivity contribution in [2.24, 2.45) is 0 Å². The Kier molecular flexibility index (Phi) is 4.95. The molecule has 0 bridgehead atoms. The number of aryl methyl sites for hydroxylation is 1. The molecule has 5 rings (SSSR count). The number of imidazole rings is 1. The largest absolute Gasteiger partial charge is 0.369 e. The normalized spacial score (nSPS) is 23.6. The predicted molar refractivity (Wildman–Crippen MR) is 118 cm³/mol. The van der Waals surface area contributed by atoms with Crippen LogP contribution in [0.3, 0.4) is 0 Å². The van der Waals surface area contributed by atoms with E-state index in [0.29, 0.717) is 14.2 Å². The quantitative estimate of drug-likeness (QED) is 0.694. The first-order valence-corrected chi connectivity index (χ1v) is 11.3. The van der Waals surface area contributed by atoms with Crippen LogP contribution in [0, 0.1) is 12.7 Å². The second-order valence-electron chi connectivity index (χ2n) is 8.14. The average Bonchev–Trinajstić information content (AvgIpc) is 2.97. The molecule has 3 aliphatic rings. The molecule has 1 amide bonds. The van der Waals surface area contributed by atoms with E-state index in [1.165, 1.54) is 6.07 Å². The third-order valence-electron chi connectivity index (χ3n) is 5.87. The third kappa shape index (κ3) is 3.57. The van der Waals surface area contributed by atoms with Crippen molar-refractivity contribution >= 4 is 25.4 Å². The maximum atomic E-state index is 14.5. The van der Waals surface area contributed by atoms with Crippen LogP contribution in [0.1, 0.15) is 17.7 Å². The summed E-state index contributed by atoms with van der Waals surface area (Å²) in [7, 11) is 2.51. The highest BCUT2D eigenvalue weighted by Gasteiger charge is 2.30. The van der Waals surface area contributed by atoms with Gasteiger partial charge in [0.1, 0.15) is 0 Å². The number of rotatable bonds is 2. The molecule has 2 atom stereocenters. The summed E-state index contributed by atoms with van der Waals surface area (Å²) < 4.78 is 16.2. The first-order chi connectivity index (χ1) is 14.5. The minimum absolute atomic E-state index is 0.0146. The molecule has 2 aromatic heterocycles. The monoisotopic (exact) mass is 425 g/mol. The van der Waals surface area contributed by atoms with E-state index >= 15 is 0 Å². The van der Waals surface area contributed by atoms with Gasteiger partial charge in [0, 0.05) is 49.9 Å². The van der Waals surface area contributed by atoms with Crippen LogP contribution >= 0.6 is 8.58 Å². The SMILES string of the molecule is Cc1cn2cc(C3=CC(=O)N4C=C(N5CCCN(C)CC5)C=CC4P3)cc(F)c2n1. The molecule has 30 heavy (non-hydrogen) atoms. The zero-order valence-electron chi connectivity index (χ0n) is 17.2. The Hall–Kier alpha value is -2.50. The Morgan fingerprint density at radius 2 is 2.07 bits per heavy atom. The van der Waals surface area contributed by atoms with Crippen LogP contribution in [-0.4, -0.2) is 69.0 Å². The summed E-state index contributed by atoms with van der Waals surface area (Å²) in [5.41, 5.74) is 2.92. The van der Waals surface area contributed by atoms with E-state index in [9.17, 15) is 9.18 Å². The van der Waals surface area contributed by atoms with E-state index in [2.05, 4.69) is 34.0 Å². The first-order valence-electron chi connectivity index (χ1n) is 10.3. The Labute approximate surface area is 177 Å². The summed E-state index contributed by atoms with van der Waals surface area (Å²) in [6.07, 6.45) is 12.7. The lowest BCUT2D eigenvalue weighted by Crippen LogP contribution is -2.38. The van der Waals surface area contributed by atoms with Gasteiger partial charge in [0.15, 0.2) is 11.5 Å². The molecule has 3 aliphatic heterocycles. The molecule has 5 heterocycles. The van der Waals surface area contributed by atoms with Crippen molar-refractivity contribution in [3.8, 4) is 0 Å². The van der Waals surface area contributed by atoms with Gasteiger partial charge in [0.2, 0.25) is 0 Å². The van der Waals surface area contributed by atoms with Crippen LogP contribution in [0.2, 0.25) is 0 Å². The van der Waals surface area contributed by atoms with Gasteiger partial charge in [-0.05, 0) is 44.4 Å². The van der Waals surface area contributed by atoms with Crippen molar-refractivity contribution in [1.82, 2.24) is 24.1 Å². The maximum Gasteiger partial charge on any atom is 0.252 e. The summed E-state index contributed by atoms with van der Waals surface area (Å²) >= 11 is 0. The lowest BCUT2D eigenvalue weighted by molar-refractivity contribution is -0.123. The second-order valence-corrected chi connectivity index (χ2v) is 9.56. The van der Waals surface area contributed by atoms with E-state index in [0.717, 1.165) is 54.9 Å². The summed E-state index contributed by atoms with van der Waals surface area (Å²) in [6.45, 7) is 5.93. The van der Waals surface area contributed by atoms with Gasteiger partial charge in [-0.3, -0.25) is 4.79 Å². The molecular weight excluding hydrogens is 400 g/mol. The summed E-state index contributed by atoms with van der Waals surface area (Å²) in [6, 6.07) is 1.49. The van der Waals surface area contributed by atoms with E-state index in [4.69, 9.17) is 0 Å². The highest BCUT2D eigenvalue weighted by Crippen LogP contribution is 2.44. The molecule has 1 fully saturated rings. The van der Waals surface area contributed by atoms with Crippen LogP contribution < -0.4 is 0 Å². The molecule has 0 N–H and O–H groups in total. The standard InChI is InChI=1S/C22H25FN5OP/c1-15-12-27-13-16(10-18(23)22(27)24-15)19-11-20(29)28-14-17(4-5-21(28)30-19)26-7-3-6-25(2)8-9-26/h4-5,10-14,21,30H,3,6-9H2,1-2H3. The molecule has 0 spiro atoms. The molecule has 156 valence electrons.